The Hall–Kier alpha value is -1.29. The van der Waals surface area contributed by atoms with Crippen LogP contribution in [-0.4, -0.2) is 40.5 Å². The first-order valence-electron chi connectivity index (χ1n) is 6.83. The summed E-state index contributed by atoms with van der Waals surface area (Å²) >= 11 is 0. The molecule has 4 heteroatoms. The van der Waals surface area contributed by atoms with Gasteiger partial charge in [-0.25, -0.2) is 0 Å². The number of hydrogen-bond donors (Lipinski definition) is 1. The molecule has 1 aromatic rings. The maximum Gasteiger partial charge on any atom is 0.270 e. The highest BCUT2D eigenvalue weighted by atomic mass is 16.2. The summed E-state index contributed by atoms with van der Waals surface area (Å²) in [6.45, 7) is 3.78. The number of hydrogen-bond acceptors (Lipinski definition) is 2. The van der Waals surface area contributed by atoms with Gasteiger partial charge in [-0.1, -0.05) is 0 Å². The molecule has 2 fully saturated rings. The molecular weight excluding hydrogens is 226 g/mol. The second-order valence-corrected chi connectivity index (χ2v) is 5.60. The van der Waals surface area contributed by atoms with E-state index in [2.05, 4.69) is 5.32 Å². The zero-order valence-electron chi connectivity index (χ0n) is 11.1. The molecule has 0 radical (unpaired) electrons. The Morgan fingerprint density at radius 2 is 2.06 bits per heavy atom. The lowest BCUT2D eigenvalue weighted by Crippen LogP contribution is -2.39. The molecule has 18 heavy (non-hydrogen) atoms. The van der Waals surface area contributed by atoms with E-state index in [0.717, 1.165) is 30.9 Å². The third-order valence-electron chi connectivity index (χ3n) is 4.40. The molecule has 1 aromatic heterocycles. The Labute approximate surface area is 108 Å². The van der Waals surface area contributed by atoms with Gasteiger partial charge in [0.15, 0.2) is 0 Å². The molecule has 3 rings (SSSR count). The topological polar surface area (TPSA) is 37.3 Å². The van der Waals surface area contributed by atoms with Gasteiger partial charge in [-0.2, -0.15) is 0 Å². The number of rotatable bonds is 1. The molecule has 0 aliphatic carbocycles. The zero-order valence-corrected chi connectivity index (χ0v) is 11.1. The van der Waals surface area contributed by atoms with Gasteiger partial charge in [0.05, 0.1) is 0 Å². The highest BCUT2D eigenvalue weighted by Crippen LogP contribution is 2.21. The van der Waals surface area contributed by atoms with Crippen molar-refractivity contribution in [2.45, 2.75) is 38.3 Å². The molecule has 2 atom stereocenters. The first-order chi connectivity index (χ1) is 8.65. The molecule has 2 aliphatic heterocycles. The van der Waals surface area contributed by atoms with Crippen molar-refractivity contribution in [1.82, 2.24) is 14.8 Å². The first-order valence-corrected chi connectivity index (χ1v) is 6.83. The van der Waals surface area contributed by atoms with Crippen molar-refractivity contribution in [2.24, 2.45) is 7.05 Å². The van der Waals surface area contributed by atoms with Crippen molar-refractivity contribution in [2.75, 3.05) is 13.1 Å². The Morgan fingerprint density at radius 1 is 1.28 bits per heavy atom. The molecule has 3 heterocycles. The van der Waals surface area contributed by atoms with Gasteiger partial charge in [-0.05, 0) is 38.3 Å². The van der Waals surface area contributed by atoms with Crippen LogP contribution in [-0.2, 0) is 7.05 Å². The molecule has 2 bridgehead atoms. The van der Waals surface area contributed by atoms with Crippen LogP contribution < -0.4 is 5.32 Å². The predicted molar refractivity (Wildman–Crippen MR) is 70.6 cm³/mol. The second kappa shape index (κ2) is 4.43. The number of aryl methyl sites for hydroxylation is 1. The van der Waals surface area contributed by atoms with E-state index in [-0.39, 0.29) is 5.91 Å². The Morgan fingerprint density at radius 3 is 2.78 bits per heavy atom. The number of nitrogens with one attached hydrogen (secondary N) is 1. The fourth-order valence-electron chi connectivity index (χ4n) is 3.12. The fraction of sp³-hybridized carbons (Fsp3) is 0.643. The highest BCUT2D eigenvalue weighted by Gasteiger charge is 2.31. The van der Waals surface area contributed by atoms with Gasteiger partial charge in [0.2, 0.25) is 0 Å². The molecule has 2 aliphatic rings. The molecule has 1 amide bonds. The minimum atomic E-state index is 0.181. The van der Waals surface area contributed by atoms with E-state index in [1.165, 1.54) is 12.8 Å². The number of amides is 1. The number of likely N-dealkylation sites (tertiary alicyclic amines) is 1. The Kier molecular flexibility index (Phi) is 2.90. The fourth-order valence-corrected chi connectivity index (χ4v) is 3.12. The van der Waals surface area contributed by atoms with Crippen LogP contribution in [0.3, 0.4) is 0 Å². The highest BCUT2D eigenvalue weighted by molar-refractivity contribution is 5.93. The van der Waals surface area contributed by atoms with E-state index in [9.17, 15) is 4.79 Å². The number of nitrogens with zero attached hydrogens (tertiary/aromatic N) is 2. The van der Waals surface area contributed by atoms with Crippen LogP contribution >= 0.6 is 0 Å². The lowest BCUT2D eigenvalue weighted by atomic mass is 10.1. The van der Waals surface area contributed by atoms with Crippen molar-refractivity contribution in [3.63, 3.8) is 0 Å². The van der Waals surface area contributed by atoms with Gasteiger partial charge < -0.3 is 14.8 Å². The van der Waals surface area contributed by atoms with Crippen LogP contribution in [0.2, 0.25) is 0 Å². The molecule has 4 nitrogen and oxygen atoms in total. The van der Waals surface area contributed by atoms with E-state index >= 15 is 0 Å². The van der Waals surface area contributed by atoms with Crippen molar-refractivity contribution in [3.05, 3.63) is 23.5 Å². The van der Waals surface area contributed by atoms with Gasteiger partial charge in [0.25, 0.3) is 5.91 Å². The van der Waals surface area contributed by atoms with Crippen LogP contribution in [0, 0.1) is 6.92 Å². The maximum atomic E-state index is 12.5. The summed E-state index contributed by atoms with van der Waals surface area (Å²) in [5, 5.41) is 3.61. The summed E-state index contributed by atoms with van der Waals surface area (Å²) in [5.74, 6) is 0.181. The SMILES string of the molecule is Cc1ccc(C(=O)N2CCC3CCC(C2)N3)n1C. The third-order valence-corrected chi connectivity index (χ3v) is 4.40. The number of carbonyl (C=O) groups is 1. The van der Waals surface area contributed by atoms with Crippen molar-refractivity contribution in [1.29, 1.82) is 0 Å². The third kappa shape index (κ3) is 1.94. The molecule has 2 unspecified atom stereocenters. The number of fused-ring (bicyclic) bond motifs is 2. The van der Waals surface area contributed by atoms with Crippen LogP contribution in [0.25, 0.3) is 0 Å². The van der Waals surface area contributed by atoms with Gasteiger partial charge in [-0.15, -0.1) is 0 Å². The molecule has 98 valence electrons. The minimum absolute atomic E-state index is 0.181. The summed E-state index contributed by atoms with van der Waals surface area (Å²) in [4.78, 5) is 14.6. The second-order valence-electron chi connectivity index (χ2n) is 5.60. The van der Waals surface area contributed by atoms with Gasteiger partial charge >= 0.3 is 0 Å². The van der Waals surface area contributed by atoms with Gasteiger partial charge in [-0.3, -0.25) is 4.79 Å². The first kappa shape index (κ1) is 11.8. The summed E-state index contributed by atoms with van der Waals surface area (Å²) < 4.78 is 1.99. The Balaban J connectivity index is 1.78. The van der Waals surface area contributed by atoms with Crippen molar-refractivity contribution in [3.8, 4) is 0 Å². The number of aromatic nitrogens is 1. The van der Waals surface area contributed by atoms with E-state index in [1.54, 1.807) is 0 Å². The quantitative estimate of drug-likeness (QED) is 0.812. The van der Waals surface area contributed by atoms with Gasteiger partial charge in [0, 0.05) is 37.9 Å². The smallest absolute Gasteiger partial charge is 0.270 e. The number of carbonyl (C=O) groups excluding carboxylic acids is 1. The summed E-state index contributed by atoms with van der Waals surface area (Å²) in [6, 6.07) is 5.08. The van der Waals surface area contributed by atoms with E-state index in [1.807, 2.05) is 35.6 Å². The summed E-state index contributed by atoms with van der Waals surface area (Å²) in [7, 11) is 1.96. The summed E-state index contributed by atoms with van der Waals surface area (Å²) in [6.07, 6.45) is 3.57. The van der Waals surface area contributed by atoms with E-state index in [4.69, 9.17) is 0 Å². The molecule has 0 saturated carbocycles. The van der Waals surface area contributed by atoms with Crippen LogP contribution in [0.15, 0.2) is 12.1 Å². The lowest BCUT2D eigenvalue weighted by Gasteiger charge is -2.24. The minimum Gasteiger partial charge on any atom is -0.344 e. The Bertz CT molecular complexity index is 466. The molecule has 2 saturated heterocycles. The average molecular weight is 247 g/mol. The molecule has 1 N–H and O–H groups in total. The predicted octanol–water partition coefficient (Wildman–Crippen LogP) is 1.30. The molecule has 0 aromatic carbocycles. The van der Waals surface area contributed by atoms with Crippen molar-refractivity contribution >= 4 is 5.91 Å². The van der Waals surface area contributed by atoms with Crippen LogP contribution in [0.4, 0.5) is 0 Å². The van der Waals surface area contributed by atoms with Crippen molar-refractivity contribution < 1.29 is 4.79 Å². The largest absolute Gasteiger partial charge is 0.344 e. The average Bonchev–Trinajstić information content (AvgIpc) is 2.83. The molecule has 0 spiro atoms. The van der Waals surface area contributed by atoms with Crippen LogP contribution in [0.5, 0.6) is 0 Å². The normalized spacial score (nSPS) is 27.3. The standard InChI is InChI=1S/C14H21N3O/c1-10-3-6-13(16(10)2)14(18)17-8-7-11-4-5-12(9-17)15-11/h3,6,11-12,15H,4-5,7-9H2,1-2H3. The van der Waals surface area contributed by atoms with Gasteiger partial charge in [0.1, 0.15) is 5.69 Å². The summed E-state index contributed by atoms with van der Waals surface area (Å²) in [5.41, 5.74) is 1.94. The zero-order chi connectivity index (χ0) is 12.7. The monoisotopic (exact) mass is 247 g/mol. The lowest BCUT2D eigenvalue weighted by molar-refractivity contribution is 0.0738. The molecular formula is C14H21N3O. The maximum absolute atomic E-state index is 12.5. The van der Waals surface area contributed by atoms with Crippen LogP contribution in [0.1, 0.15) is 35.4 Å². The van der Waals surface area contributed by atoms with E-state index < -0.39 is 0 Å². The van der Waals surface area contributed by atoms with E-state index in [0.29, 0.717) is 12.1 Å².